The molecule has 0 N–H and O–H groups in total. The van der Waals surface area contributed by atoms with Crippen molar-refractivity contribution in [3.63, 3.8) is 0 Å². The quantitative estimate of drug-likeness (QED) is 0.379. The Labute approximate surface area is 165 Å². The van der Waals surface area contributed by atoms with Gasteiger partial charge in [0.1, 0.15) is 6.29 Å². The molecule has 1 aromatic heterocycles. The average Bonchev–Trinajstić information content (AvgIpc) is 2.94. The summed E-state index contributed by atoms with van der Waals surface area (Å²) in [5.41, 5.74) is 4.08. The van der Waals surface area contributed by atoms with Gasteiger partial charge in [-0.3, -0.25) is 9.79 Å². The second kappa shape index (κ2) is 14.1. The molecule has 1 aromatic carbocycles. The summed E-state index contributed by atoms with van der Waals surface area (Å²) in [7, 11) is 4.13. The molecule has 0 aliphatic carbocycles. The van der Waals surface area contributed by atoms with Crippen molar-refractivity contribution in [2.45, 2.75) is 27.2 Å². The highest BCUT2D eigenvalue weighted by Gasteiger charge is 2.03. The number of imidazole rings is 1. The third-order valence-corrected chi connectivity index (χ3v) is 3.72. The van der Waals surface area contributed by atoms with E-state index in [0.717, 1.165) is 24.9 Å². The topological polar surface area (TPSA) is 39.3 Å². The first kappa shape index (κ1) is 23.9. The van der Waals surface area contributed by atoms with E-state index in [9.17, 15) is 4.79 Å². The van der Waals surface area contributed by atoms with Crippen LogP contribution in [0.25, 0.3) is 11.0 Å². The lowest BCUT2D eigenvalue weighted by molar-refractivity contribution is -0.104. The van der Waals surface area contributed by atoms with E-state index in [2.05, 4.69) is 81.9 Å². The number of halogens is 1. The van der Waals surface area contributed by atoms with Gasteiger partial charge in [0.2, 0.25) is 5.62 Å². The Kier molecular flexibility index (Phi) is 12.9. The van der Waals surface area contributed by atoms with Crippen LogP contribution < -0.4 is 5.62 Å². The zero-order valence-corrected chi connectivity index (χ0v) is 18.0. The average molecular weight is 420 g/mol. The summed E-state index contributed by atoms with van der Waals surface area (Å²) < 4.78 is 4.29. The zero-order valence-electron chi connectivity index (χ0n) is 16.4. The van der Waals surface area contributed by atoms with E-state index in [1.54, 1.807) is 17.1 Å². The van der Waals surface area contributed by atoms with Crippen LogP contribution in [0.3, 0.4) is 0 Å². The molecule has 0 unspecified atom stereocenters. The Balaban J connectivity index is 0.000000492. The van der Waals surface area contributed by atoms with Crippen molar-refractivity contribution in [3.8, 4) is 0 Å². The number of nitrogens with zero attached hydrogens (tertiary/aromatic N) is 3. The molecule has 0 saturated heterocycles. The molecular weight excluding hydrogens is 390 g/mol. The van der Waals surface area contributed by atoms with E-state index in [4.69, 9.17) is 0 Å². The number of hydrogen-bond donors (Lipinski definition) is 0. The molecule has 0 amide bonds. The van der Waals surface area contributed by atoms with Gasteiger partial charge in [0, 0.05) is 26.2 Å². The summed E-state index contributed by atoms with van der Waals surface area (Å²) in [5.74, 6) is 0. The zero-order chi connectivity index (χ0) is 19.9. The van der Waals surface area contributed by atoms with Crippen LogP contribution in [0.15, 0.2) is 64.6 Å². The number of aromatic nitrogens is 2. The summed E-state index contributed by atoms with van der Waals surface area (Å²) in [4.78, 5) is 16.3. The van der Waals surface area contributed by atoms with E-state index < -0.39 is 0 Å². The van der Waals surface area contributed by atoms with E-state index in [0.29, 0.717) is 5.57 Å². The summed E-state index contributed by atoms with van der Waals surface area (Å²) in [6.45, 7) is 10.5. The largest absolute Gasteiger partial charge is 0.313 e. The molecule has 0 bridgehead atoms. The summed E-state index contributed by atoms with van der Waals surface area (Å²) in [6.07, 6.45) is 6.71. The van der Waals surface area contributed by atoms with Crippen LogP contribution in [0.4, 0.5) is 0 Å². The highest BCUT2D eigenvalue weighted by molar-refractivity contribution is 9.11. The van der Waals surface area contributed by atoms with Gasteiger partial charge >= 0.3 is 0 Å². The van der Waals surface area contributed by atoms with Crippen LogP contribution in [-0.2, 0) is 18.9 Å². The first-order valence-corrected chi connectivity index (χ1v) is 9.67. The summed E-state index contributed by atoms with van der Waals surface area (Å²) >= 11 is 3.06. The van der Waals surface area contributed by atoms with Gasteiger partial charge in [0.05, 0.1) is 11.0 Å². The van der Waals surface area contributed by atoms with E-state index >= 15 is 0 Å². The normalized spacial score (nSPS) is 10.6. The van der Waals surface area contributed by atoms with Gasteiger partial charge in [0.15, 0.2) is 0 Å². The Morgan fingerprint density at radius 2 is 1.73 bits per heavy atom. The number of aldehydes is 1. The Bertz CT molecular complexity index is 758. The minimum atomic E-state index is 0.575. The second-order valence-electron chi connectivity index (χ2n) is 5.10. The number of allylic oxidation sites excluding steroid dienone is 4. The Morgan fingerprint density at radius 3 is 2.12 bits per heavy atom. The van der Waals surface area contributed by atoms with Crippen molar-refractivity contribution in [1.29, 1.82) is 0 Å². The predicted octanol–water partition coefficient (Wildman–Crippen LogP) is 5.06. The molecule has 4 nitrogen and oxygen atoms in total. The number of hydrogen-bond acceptors (Lipinski definition) is 2. The van der Waals surface area contributed by atoms with Crippen molar-refractivity contribution in [2.24, 2.45) is 19.1 Å². The lowest BCUT2D eigenvalue weighted by Crippen LogP contribution is -2.22. The highest BCUT2D eigenvalue weighted by Crippen LogP contribution is 2.09. The molecule has 0 saturated carbocycles. The molecule has 5 heteroatoms. The van der Waals surface area contributed by atoms with Crippen LogP contribution in [0.2, 0.25) is 0 Å². The van der Waals surface area contributed by atoms with Crippen molar-refractivity contribution in [1.82, 2.24) is 9.13 Å². The summed E-state index contributed by atoms with van der Waals surface area (Å²) in [6, 6.07) is 8.37. The van der Waals surface area contributed by atoms with Crippen LogP contribution in [0.5, 0.6) is 0 Å². The Morgan fingerprint density at radius 1 is 1.19 bits per heavy atom. The van der Waals surface area contributed by atoms with Gasteiger partial charge in [-0.1, -0.05) is 73.6 Å². The maximum absolute atomic E-state index is 10.1. The fraction of sp³-hybridized carbons (Fsp3) is 0.333. The number of aryl methyl sites for hydroxylation is 2. The number of rotatable bonds is 5. The third kappa shape index (κ3) is 7.00. The van der Waals surface area contributed by atoms with E-state index in [1.165, 1.54) is 17.1 Å². The molecule has 142 valence electrons. The number of benzene rings is 1. The minimum Gasteiger partial charge on any atom is -0.313 e. The number of para-hydroxylation sites is 2. The molecule has 0 aliphatic rings. The lowest BCUT2D eigenvalue weighted by atomic mass is 10.3. The fourth-order valence-corrected chi connectivity index (χ4v) is 2.35. The fourth-order valence-electron chi connectivity index (χ4n) is 2.20. The second-order valence-corrected chi connectivity index (χ2v) is 5.62. The van der Waals surface area contributed by atoms with Gasteiger partial charge in [-0.25, -0.2) is 0 Å². The van der Waals surface area contributed by atoms with E-state index in [1.807, 2.05) is 13.8 Å². The van der Waals surface area contributed by atoms with Crippen molar-refractivity contribution in [3.05, 3.63) is 65.2 Å². The SMILES string of the molecule is C=C/C(C=O)=C\C=C\Br.CC.CCCN=c1n(C)c2ccccc2n1C. The van der Waals surface area contributed by atoms with Crippen LogP contribution in [0.1, 0.15) is 27.2 Å². The van der Waals surface area contributed by atoms with Crippen molar-refractivity contribution < 1.29 is 4.79 Å². The smallest absolute Gasteiger partial charge is 0.205 e. The first-order chi connectivity index (χ1) is 12.6. The minimum absolute atomic E-state index is 0.575. The molecule has 0 radical (unpaired) electrons. The van der Waals surface area contributed by atoms with Crippen molar-refractivity contribution >= 4 is 33.2 Å². The first-order valence-electron chi connectivity index (χ1n) is 8.76. The maximum Gasteiger partial charge on any atom is 0.205 e. The van der Waals surface area contributed by atoms with Gasteiger partial charge in [-0.05, 0) is 23.5 Å². The van der Waals surface area contributed by atoms with E-state index in [-0.39, 0.29) is 0 Å². The summed E-state index contributed by atoms with van der Waals surface area (Å²) in [5, 5.41) is 0. The molecule has 0 spiro atoms. The van der Waals surface area contributed by atoms with Crippen LogP contribution >= 0.6 is 15.9 Å². The molecule has 0 fully saturated rings. The number of carbonyl (C=O) groups is 1. The lowest BCUT2D eigenvalue weighted by Gasteiger charge is -1.94. The maximum atomic E-state index is 10.1. The Hall–Kier alpha value is -2.14. The standard InChI is InChI=1S/C12H17N3.C7H7BrO.C2H6/c1-4-9-13-12-14(2)10-7-5-6-8-11(10)15(12)3;1-2-7(6-9)4-3-5-8;1-2/h5-8H,4,9H2,1-3H3;2-6H,1H2;1-2H3/b;5-3+,7-4+;. The van der Waals surface area contributed by atoms with Gasteiger partial charge in [-0.15, -0.1) is 0 Å². The molecule has 2 rings (SSSR count). The molecular formula is C21H30BrN3O. The van der Waals surface area contributed by atoms with Crippen LogP contribution in [-0.4, -0.2) is 22.0 Å². The predicted molar refractivity (Wildman–Crippen MR) is 116 cm³/mol. The highest BCUT2D eigenvalue weighted by atomic mass is 79.9. The number of fused-ring (bicyclic) bond motifs is 1. The van der Waals surface area contributed by atoms with Crippen LogP contribution in [0, 0.1) is 0 Å². The van der Waals surface area contributed by atoms with Gasteiger partial charge < -0.3 is 9.13 Å². The van der Waals surface area contributed by atoms with Gasteiger partial charge in [0.25, 0.3) is 0 Å². The molecule has 1 heterocycles. The molecule has 2 aromatic rings. The van der Waals surface area contributed by atoms with Crippen molar-refractivity contribution in [2.75, 3.05) is 6.54 Å². The third-order valence-electron chi connectivity index (χ3n) is 3.41. The molecule has 0 aliphatic heterocycles. The molecule has 0 atom stereocenters. The molecule has 26 heavy (non-hydrogen) atoms. The van der Waals surface area contributed by atoms with Gasteiger partial charge in [-0.2, -0.15) is 0 Å². The monoisotopic (exact) mass is 419 g/mol. The number of carbonyl (C=O) groups excluding carboxylic acids is 1.